The number of hydrogen-bond donors (Lipinski definition) is 1. The molecule has 2 rings (SSSR count). The summed E-state index contributed by atoms with van der Waals surface area (Å²) in [6.45, 7) is 3.88. The second-order valence-corrected chi connectivity index (χ2v) is 5.39. The molecule has 0 saturated heterocycles. The van der Waals surface area contributed by atoms with E-state index in [9.17, 15) is 4.79 Å². The molecule has 1 N–H and O–H groups in total. The number of amides is 1. The second kappa shape index (κ2) is 6.52. The summed E-state index contributed by atoms with van der Waals surface area (Å²) in [7, 11) is 0. The molecule has 0 aliphatic heterocycles. The molecule has 0 aliphatic rings. The molecule has 0 atom stereocenters. The molecule has 2 aromatic rings. The molecule has 20 heavy (non-hydrogen) atoms. The summed E-state index contributed by atoms with van der Waals surface area (Å²) in [6, 6.07) is 10.8. The highest BCUT2D eigenvalue weighted by atomic mass is 79.9. The van der Waals surface area contributed by atoms with Gasteiger partial charge in [0.2, 0.25) is 0 Å². The van der Waals surface area contributed by atoms with E-state index in [0.29, 0.717) is 17.1 Å². The number of carbonyl (C=O) groups excluding carboxylic acids is 1. The number of para-hydroxylation sites is 2. The van der Waals surface area contributed by atoms with Crippen LogP contribution in [0.15, 0.2) is 47.1 Å². The van der Waals surface area contributed by atoms with Crippen LogP contribution in [0.2, 0.25) is 0 Å². The van der Waals surface area contributed by atoms with Crippen molar-refractivity contribution >= 4 is 27.5 Å². The molecular weight excluding hydrogens is 320 g/mol. The number of anilines is 1. The van der Waals surface area contributed by atoms with Gasteiger partial charge < -0.3 is 10.1 Å². The smallest absolute Gasteiger partial charge is 0.274 e. The second-order valence-electron chi connectivity index (χ2n) is 4.48. The van der Waals surface area contributed by atoms with Crippen molar-refractivity contribution in [3.63, 3.8) is 0 Å². The summed E-state index contributed by atoms with van der Waals surface area (Å²) in [5.74, 6) is 0.380. The van der Waals surface area contributed by atoms with E-state index in [1.165, 1.54) is 0 Å². The van der Waals surface area contributed by atoms with Gasteiger partial charge in [0.05, 0.1) is 11.8 Å². The van der Waals surface area contributed by atoms with Crippen LogP contribution >= 0.6 is 15.9 Å². The van der Waals surface area contributed by atoms with Gasteiger partial charge in [-0.05, 0) is 54.0 Å². The van der Waals surface area contributed by atoms with Gasteiger partial charge in [0.15, 0.2) is 0 Å². The highest BCUT2D eigenvalue weighted by Crippen LogP contribution is 2.25. The van der Waals surface area contributed by atoms with E-state index in [1.807, 2.05) is 32.0 Å². The fraction of sp³-hybridized carbons (Fsp3) is 0.200. The first-order valence-electron chi connectivity index (χ1n) is 6.25. The lowest BCUT2D eigenvalue weighted by Gasteiger charge is -2.14. The highest BCUT2D eigenvalue weighted by Gasteiger charge is 2.11. The first-order valence-corrected chi connectivity index (χ1v) is 7.04. The van der Waals surface area contributed by atoms with Crippen LogP contribution in [0.1, 0.15) is 24.3 Å². The van der Waals surface area contributed by atoms with Crippen LogP contribution < -0.4 is 10.1 Å². The lowest BCUT2D eigenvalue weighted by atomic mass is 10.2. The zero-order valence-corrected chi connectivity index (χ0v) is 12.8. The zero-order valence-electron chi connectivity index (χ0n) is 11.3. The van der Waals surface area contributed by atoms with E-state index in [0.717, 1.165) is 4.47 Å². The third-order valence-corrected chi connectivity index (χ3v) is 2.93. The molecule has 1 aromatic heterocycles. The van der Waals surface area contributed by atoms with Crippen LogP contribution in [0.5, 0.6) is 5.75 Å². The van der Waals surface area contributed by atoms with Crippen LogP contribution in [0.25, 0.3) is 0 Å². The summed E-state index contributed by atoms with van der Waals surface area (Å²) < 4.78 is 6.49. The summed E-state index contributed by atoms with van der Waals surface area (Å²) in [5, 5.41) is 2.81. The van der Waals surface area contributed by atoms with E-state index >= 15 is 0 Å². The molecule has 1 amide bonds. The fourth-order valence-corrected chi connectivity index (χ4v) is 1.86. The van der Waals surface area contributed by atoms with Crippen LogP contribution in [-0.2, 0) is 0 Å². The van der Waals surface area contributed by atoms with E-state index < -0.39 is 0 Å². The predicted molar refractivity (Wildman–Crippen MR) is 82.1 cm³/mol. The highest BCUT2D eigenvalue weighted by molar-refractivity contribution is 9.10. The van der Waals surface area contributed by atoms with Gasteiger partial charge >= 0.3 is 0 Å². The lowest BCUT2D eigenvalue weighted by Crippen LogP contribution is -2.15. The number of ether oxygens (including phenoxy) is 1. The molecule has 0 unspecified atom stereocenters. The Morgan fingerprint density at radius 3 is 2.65 bits per heavy atom. The molecule has 0 spiro atoms. The maximum atomic E-state index is 12.1. The third-order valence-electron chi connectivity index (χ3n) is 2.46. The van der Waals surface area contributed by atoms with Crippen molar-refractivity contribution in [2.75, 3.05) is 5.32 Å². The van der Waals surface area contributed by atoms with Gasteiger partial charge in [0.25, 0.3) is 5.91 Å². The molecule has 0 saturated carbocycles. The fourth-order valence-electron chi connectivity index (χ4n) is 1.62. The number of nitrogens with zero attached hydrogens (tertiary/aromatic N) is 1. The number of rotatable bonds is 4. The third kappa shape index (κ3) is 3.81. The normalized spacial score (nSPS) is 10.4. The van der Waals surface area contributed by atoms with Crippen molar-refractivity contribution in [2.24, 2.45) is 0 Å². The van der Waals surface area contributed by atoms with Crippen molar-refractivity contribution < 1.29 is 9.53 Å². The Hall–Kier alpha value is -1.88. The average molecular weight is 335 g/mol. The molecule has 0 fully saturated rings. The maximum Gasteiger partial charge on any atom is 0.274 e. The molecule has 0 aliphatic carbocycles. The predicted octanol–water partition coefficient (Wildman–Crippen LogP) is 3.88. The molecule has 1 heterocycles. The minimum Gasteiger partial charge on any atom is -0.489 e. The van der Waals surface area contributed by atoms with Gasteiger partial charge in [-0.1, -0.05) is 12.1 Å². The molecule has 5 heteroatoms. The monoisotopic (exact) mass is 334 g/mol. The molecule has 0 radical (unpaired) electrons. The summed E-state index contributed by atoms with van der Waals surface area (Å²) in [4.78, 5) is 16.2. The van der Waals surface area contributed by atoms with E-state index in [4.69, 9.17) is 4.74 Å². The zero-order chi connectivity index (χ0) is 14.5. The number of pyridine rings is 1. The van der Waals surface area contributed by atoms with Crippen LogP contribution in [0.4, 0.5) is 5.69 Å². The summed E-state index contributed by atoms with van der Waals surface area (Å²) >= 11 is 3.29. The Bertz CT molecular complexity index is 597. The Labute approximate surface area is 126 Å². The summed E-state index contributed by atoms with van der Waals surface area (Å²) in [6.07, 6.45) is 1.63. The Balaban J connectivity index is 2.17. The molecular formula is C15H15BrN2O2. The summed E-state index contributed by atoms with van der Waals surface area (Å²) in [5.41, 5.74) is 0.989. The van der Waals surface area contributed by atoms with Crippen molar-refractivity contribution in [1.82, 2.24) is 4.98 Å². The van der Waals surface area contributed by atoms with Gasteiger partial charge in [-0.3, -0.25) is 4.79 Å². The lowest BCUT2D eigenvalue weighted by molar-refractivity contribution is 0.102. The number of benzene rings is 1. The van der Waals surface area contributed by atoms with Crippen molar-refractivity contribution in [3.05, 3.63) is 52.8 Å². The topological polar surface area (TPSA) is 51.2 Å². The Kier molecular flexibility index (Phi) is 4.74. The van der Waals surface area contributed by atoms with E-state index in [-0.39, 0.29) is 12.0 Å². The standard InChI is InChI=1S/C15H15BrN2O2/c1-10(2)20-14-6-4-3-5-12(14)18-15(19)13-8-7-11(16)9-17-13/h3-10H,1-2H3,(H,18,19). The number of aromatic nitrogens is 1. The molecule has 0 bridgehead atoms. The average Bonchev–Trinajstić information content (AvgIpc) is 2.41. The maximum absolute atomic E-state index is 12.1. The number of halogens is 1. The minimum absolute atomic E-state index is 0.0406. The van der Waals surface area contributed by atoms with Gasteiger partial charge in [0.1, 0.15) is 11.4 Å². The van der Waals surface area contributed by atoms with Crippen molar-refractivity contribution in [1.29, 1.82) is 0 Å². The van der Waals surface area contributed by atoms with Gasteiger partial charge in [0, 0.05) is 10.7 Å². The number of nitrogens with one attached hydrogen (secondary N) is 1. The number of carbonyl (C=O) groups is 1. The van der Waals surface area contributed by atoms with E-state index in [2.05, 4.69) is 26.2 Å². The first kappa shape index (κ1) is 14.5. The Morgan fingerprint density at radius 2 is 2.00 bits per heavy atom. The van der Waals surface area contributed by atoms with Gasteiger partial charge in [-0.25, -0.2) is 4.98 Å². The Morgan fingerprint density at radius 1 is 1.25 bits per heavy atom. The van der Waals surface area contributed by atoms with Crippen molar-refractivity contribution in [2.45, 2.75) is 20.0 Å². The van der Waals surface area contributed by atoms with Crippen LogP contribution in [-0.4, -0.2) is 17.0 Å². The van der Waals surface area contributed by atoms with Gasteiger partial charge in [-0.2, -0.15) is 0 Å². The SMILES string of the molecule is CC(C)Oc1ccccc1NC(=O)c1ccc(Br)cn1. The quantitative estimate of drug-likeness (QED) is 0.922. The van der Waals surface area contributed by atoms with E-state index in [1.54, 1.807) is 24.4 Å². The van der Waals surface area contributed by atoms with Crippen molar-refractivity contribution in [3.8, 4) is 5.75 Å². The van der Waals surface area contributed by atoms with Crippen LogP contribution in [0.3, 0.4) is 0 Å². The van der Waals surface area contributed by atoms with Crippen LogP contribution in [0, 0.1) is 0 Å². The van der Waals surface area contributed by atoms with Gasteiger partial charge in [-0.15, -0.1) is 0 Å². The minimum atomic E-state index is -0.266. The molecule has 104 valence electrons. The number of hydrogen-bond acceptors (Lipinski definition) is 3. The largest absolute Gasteiger partial charge is 0.489 e. The molecule has 4 nitrogen and oxygen atoms in total. The molecule has 1 aromatic carbocycles. The first-order chi connectivity index (χ1) is 9.56.